The molecule has 0 N–H and O–H groups in total. The van der Waals surface area contributed by atoms with E-state index >= 15 is 0 Å². The van der Waals surface area contributed by atoms with Gasteiger partial charge in [0.25, 0.3) is 5.91 Å². The van der Waals surface area contributed by atoms with Gasteiger partial charge in [-0.05, 0) is 40.9 Å². The molecule has 1 atom stereocenters. The summed E-state index contributed by atoms with van der Waals surface area (Å²) in [6.45, 7) is 7.33. The average molecular weight is 316 g/mol. The van der Waals surface area contributed by atoms with Crippen LogP contribution in [0.15, 0.2) is 22.7 Å². The summed E-state index contributed by atoms with van der Waals surface area (Å²) >= 11 is 3.24. The summed E-state index contributed by atoms with van der Waals surface area (Å²) in [5.41, 5.74) is 0.127. The van der Waals surface area contributed by atoms with Crippen molar-refractivity contribution in [3.05, 3.63) is 34.1 Å². The first kappa shape index (κ1) is 15.2. The van der Waals surface area contributed by atoms with Crippen molar-refractivity contribution in [2.45, 2.75) is 27.2 Å². The predicted molar refractivity (Wildman–Crippen MR) is 75.1 cm³/mol. The number of halogens is 2. The number of carbonyl (C=O) groups excluding carboxylic acids is 1. The Kier molecular flexibility index (Phi) is 5.79. The van der Waals surface area contributed by atoms with E-state index in [0.717, 1.165) is 6.42 Å². The highest BCUT2D eigenvalue weighted by molar-refractivity contribution is 9.10. The maximum absolute atomic E-state index is 13.7. The molecule has 0 saturated carbocycles. The predicted octanol–water partition coefficient (Wildman–Crippen LogP) is 4.10. The van der Waals surface area contributed by atoms with Gasteiger partial charge in [0.05, 0.1) is 5.56 Å². The number of hydrogen-bond donors (Lipinski definition) is 0. The third-order valence-electron chi connectivity index (χ3n) is 3.07. The second-order valence-electron chi connectivity index (χ2n) is 4.45. The van der Waals surface area contributed by atoms with Crippen molar-refractivity contribution in [1.29, 1.82) is 0 Å². The number of benzene rings is 1. The molecule has 18 heavy (non-hydrogen) atoms. The molecule has 0 fully saturated rings. The van der Waals surface area contributed by atoms with Crippen molar-refractivity contribution in [3.63, 3.8) is 0 Å². The summed E-state index contributed by atoms with van der Waals surface area (Å²) in [6, 6.07) is 4.59. The van der Waals surface area contributed by atoms with Crippen LogP contribution < -0.4 is 0 Å². The Hall–Kier alpha value is -0.900. The molecule has 100 valence electrons. The number of carbonyl (C=O) groups is 1. The molecule has 4 heteroatoms. The van der Waals surface area contributed by atoms with Crippen molar-refractivity contribution >= 4 is 21.8 Å². The van der Waals surface area contributed by atoms with Gasteiger partial charge in [-0.25, -0.2) is 4.39 Å². The Labute approximate surface area is 116 Å². The van der Waals surface area contributed by atoms with Gasteiger partial charge < -0.3 is 4.90 Å². The van der Waals surface area contributed by atoms with Gasteiger partial charge in [-0.1, -0.05) is 26.3 Å². The fourth-order valence-electron chi connectivity index (χ4n) is 1.72. The lowest BCUT2D eigenvalue weighted by Gasteiger charge is -2.24. The van der Waals surface area contributed by atoms with Crippen molar-refractivity contribution in [2.24, 2.45) is 5.92 Å². The Bertz CT molecular complexity index is 402. The number of rotatable bonds is 5. The minimum absolute atomic E-state index is 0.127. The molecule has 2 nitrogen and oxygen atoms in total. The molecular weight excluding hydrogens is 297 g/mol. The van der Waals surface area contributed by atoms with E-state index in [1.165, 1.54) is 6.07 Å². The first-order valence-corrected chi connectivity index (χ1v) is 7.03. The van der Waals surface area contributed by atoms with Gasteiger partial charge in [-0.3, -0.25) is 4.79 Å². The molecule has 0 aliphatic heterocycles. The summed E-state index contributed by atoms with van der Waals surface area (Å²) < 4.78 is 14.2. The molecule has 1 aromatic rings. The molecule has 0 aliphatic rings. The molecule has 0 spiro atoms. The minimum Gasteiger partial charge on any atom is -0.339 e. The molecule has 1 rings (SSSR count). The average Bonchev–Trinajstić information content (AvgIpc) is 2.35. The van der Waals surface area contributed by atoms with Crippen molar-refractivity contribution in [1.82, 2.24) is 4.90 Å². The van der Waals surface area contributed by atoms with Gasteiger partial charge in [0.1, 0.15) is 5.82 Å². The van der Waals surface area contributed by atoms with Gasteiger partial charge >= 0.3 is 0 Å². The van der Waals surface area contributed by atoms with Crippen LogP contribution in [0.3, 0.4) is 0 Å². The SMILES string of the molecule is CCC(C)CN(CC)C(=O)c1c(F)cccc1Br. The topological polar surface area (TPSA) is 20.3 Å². The monoisotopic (exact) mass is 315 g/mol. The smallest absolute Gasteiger partial charge is 0.257 e. The summed E-state index contributed by atoms with van der Waals surface area (Å²) in [7, 11) is 0. The molecule has 0 saturated heterocycles. The van der Waals surface area contributed by atoms with Crippen LogP contribution in [0.5, 0.6) is 0 Å². The molecule has 1 unspecified atom stereocenters. The molecule has 0 heterocycles. The van der Waals surface area contributed by atoms with Crippen LogP contribution in [0.1, 0.15) is 37.6 Å². The lowest BCUT2D eigenvalue weighted by Crippen LogP contribution is -2.35. The molecule has 0 aromatic heterocycles. The third kappa shape index (κ3) is 3.55. The van der Waals surface area contributed by atoms with Crippen LogP contribution >= 0.6 is 15.9 Å². The van der Waals surface area contributed by atoms with Crippen LogP contribution in [0.2, 0.25) is 0 Å². The number of amides is 1. The maximum atomic E-state index is 13.7. The summed E-state index contributed by atoms with van der Waals surface area (Å²) in [5.74, 6) is -0.306. The van der Waals surface area contributed by atoms with Crippen molar-refractivity contribution in [3.8, 4) is 0 Å². The van der Waals surface area contributed by atoms with Crippen LogP contribution in [0, 0.1) is 11.7 Å². The Balaban J connectivity index is 2.97. The molecular formula is C14H19BrFNO. The lowest BCUT2D eigenvalue weighted by atomic mass is 10.1. The molecule has 1 aromatic carbocycles. The van der Waals surface area contributed by atoms with Crippen molar-refractivity contribution in [2.75, 3.05) is 13.1 Å². The first-order valence-electron chi connectivity index (χ1n) is 6.24. The maximum Gasteiger partial charge on any atom is 0.257 e. The molecule has 0 radical (unpaired) electrons. The second kappa shape index (κ2) is 6.88. The normalized spacial score (nSPS) is 12.3. The van der Waals surface area contributed by atoms with Gasteiger partial charge in [-0.15, -0.1) is 0 Å². The van der Waals surface area contributed by atoms with E-state index in [-0.39, 0.29) is 11.5 Å². The van der Waals surface area contributed by atoms with E-state index in [9.17, 15) is 9.18 Å². The largest absolute Gasteiger partial charge is 0.339 e. The van der Waals surface area contributed by atoms with E-state index in [4.69, 9.17) is 0 Å². The highest BCUT2D eigenvalue weighted by Gasteiger charge is 2.21. The van der Waals surface area contributed by atoms with Crippen molar-refractivity contribution < 1.29 is 9.18 Å². The summed E-state index contributed by atoms with van der Waals surface area (Å²) in [6.07, 6.45) is 1.00. The number of nitrogens with zero attached hydrogens (tertiary/aromatic N) is 1. The Morgan fingerprint density at radius 2 is 2.11 bits per heavy atom. The molecule has 0 bridgehead atoms. The quantitative estimate of drug-likeness (QED) is 0.801. The second-order valence-corrected chi connectivity index (χ2v) is 5.31. The first-order chi connectivity index (χ1) is 8.51. The van der Waals surface area contributed by atoms with Crippen LogP contribution in [0.4, 0.5) is 4.39 Å². The van der Waals surface area contributed by atoms with E-state index in [0.29, 0.717) is 23.5 Å². The summed E-state index contributed by atoms with van der Waals surface area (Å²) in [5, 5.41) is 0. The lowest BCUT2D eigenvalue weighted by molar-refractivity contribution is 0.0735. The standard InChI is InChI=1S/C14H19BrFNO/c1-4-10(3)9-17(5-2)14(18)13-11(15)7-6-8-12(13)16/h6-8,10H,4-5,9H2,1-3H3. The van der Waals surface area contributed by atoms with E-state index in [1.54, 1.807) is 17.0 Å². The van der Waals surface area contributed by atoms with E-state index in [2.05, 4.69) is 29.8 Å². The highest BCUT2D eigenvalue weighted by atomic mass is 79.9. The minimum atomic E-state index is -0.475. The fraction of sp³-hybridized carbons (Fsp3) is 0.500. The zero-order valence-electron chi connectivity index (χ0n) is 11.0. The van der Waals surface area contributed by atoms with Gasteiger partial charge in [0.15, 0.2) is 0 Å². The summed E-state index contributed by atoms with van der Waals surface area (Å²) in [4.78, 5) is 14.0. The zero-order chi connectivity index (χ0) is 13.7. The molecule has 0 aliphatic carbocycles. The fourth-order valence-corrected chi connectivity index (χ4v) is 2.23. The third-order valence-corrected chi connectivity index (χ3v) is 3.74. The van der Waals surface area contributed by atoms with E-state index < -0.39 is 5.82 Å². The Morgan fingerprint density at radius 1 is 1.44 bits per heavy atom. The van der Waals surface area contributed by atoms with E-state index in [1.807, 2.05) is 6.92 Å². The van der Waals surface area contributed by atoms with Crippen LogP contribution in [-0.2, 0) is 0 Å². The van der Waals surface area contributed by atoms with Gasteiger partial charge in [0, 0.05) is 17.6 Å². The van der Waals surface area contributed by atoms with Crippen LogP contribution in [0.25, 0.3) is 0 Å². The zero-order valence-corrected chi connectivity index (χ0v) is 12.6. The number of hydrogen-bond acceptors (Lipinski definition) is 1. The van der Waals surface area contributed by atoms with Crippen LogP contribution in [-0.4, -0.2) is 23.9 Å². The Morgan fingerprint density at radius 3 is 2.61 bits per heavy atom. The van der Waals surface area contributed by atoms with Gasteiger partial charge in [-0.2, -0.15) is 0 Å². The highest BCUT2D eigenvalue weighted by Crippen LogP contribution is 2.22. The molecule has 1 amide bonds. The van der Waals surface area contributed by atoms with Gasteiger partial charge in [0.2, 0.25) is 0 Å².